The molecule has 0 aromatic heterocycles. The molecule has 1 atom stereocenters. The summed E-state index contributed by atoms with van der Waals surface area (Å²) in [6, 6.07) is 6.68. The van der Waals surface area contributed by atoms with Crippen molar-refractivity contribution in [3.05, 3.63) is 35.6 Å². The summed E-state index contributed by atoms with van der Waals surface area (Å²) in [4.78, 5) is 0. The fourth-order valence-corrected chi connectivity index (χ4v) is 4.09. The SMILES string of the molecule is C=S(=O)(CCc1ccccc1F)N1CCC(C)CC1. The van der Waals surface area contributed by atoms with Gasteiger partial charge in [-0.3, -0.25) is 4.21 Å². The third-order valence-corrected chi connectivity index (χ3v) is 6.01. The van der Waals surface area contributed by atoms with Gasteiger partial charge in [-0.15, -0.1) is 0 Å². The fourth-order valence-electron chi connectivity index (χ4n) is 2.42. The number of aryl methyl sites for hydroxylation is 1. The molecule has 1 aliphatic heterocycles. The van der Waals surface area contributed by atoms with Crippen LogP contribution in [0.1, 0.15) is 25.3 Å². The lowest BCUT2D eigenvalue weighted by Gasteiger charge is -2.32. The molecule has 1 fully saturated rings. The van der Waals surface area contributed by atoms with E-state index < -0.39 is 9.71 Å². The molecule has 1 aliphatic rings. The van der Waals surface area contributed by atoms with E-state index >= 15 is 0 Å². The fraction of sp³-hybridized carbons (Fsp3) is 0.533. The maximum Gasteiger partial charge on any atom is 0.126 e. The van der Waals surface area contributed by atoms with Crippen LogP contribution in [-0.4, -0.2) is 33.2 Å². The van der Waals surface area contributed by atoms with Crippen LogP contribution in [-0.2, 0) is 16.1 Å². The molecule has 106 valence electrons. The molecule has 0 saturated carbocycles. The van der Waals surface area contributed by atoms with Gasteiger partial charge in [0.05, 0.1) is 0 Å². The van der Waals surface area contributed by atoms with Crippen molar-refractivity contribution < 1.29 is 8.60 Å². The Hall–Kier alpha value is -0.870. The van der Waals surface area contributed by atoms with Crippen molar-refractivity contribution in [2.24, 2.45) is 5.92 Å². The lowest BCUT2D eigenvalue weighted by molar-refractivity contribution is 0.298. The van der Waals surface area contributed by atoms with Crippen LogP contribution in [0.4, 0.5) is 4.39 Å². The molecule has 1 aromatic carbocycles. The summed E-state index contributed by atoms with van der Waals surface area (Å²) in [6.07, 6.45) is 2.64. The maximum atomic E-state index is 13.5. The van der Waals surface area contributed by atoms with Gasteiger partial charge in [0.1, 0.15) is 5.82 Å². The van der Waals surface area contributed by atoms with Crippen LogP contribution in [0.5, 0.6) is 0 Å². The Morgan fingerprint density at radius 3 is 2.63 bits per heavy atom. The second-order valence-electron chi connectivity index (χ2n) is 5.43. The summed E-state index contributed by atoms with van der Waals surface area (Å²) in [5.41, 5.74) is 0.629. The molecule has 0 radical (unpaired) electrons. The highest BCUT2D eigenvalue weighted by atomic mass is 32.2. The first kappa shape index (κ1) is 14.5. The lowest BCUT2D eigenvalue weighted by atomic mass is 10.0. The van der Waals surface area contributed by atoms with Crippen molar-refractivity contribution in [2.75, 3.05) is 18.8 Å². The molecule has 19 heavy (non-hydrogen) atoms. The van der Waals surface area contributed by atoms with E-state index in [4.69, 9.17) is 0 Å². The summed E-state index contributed by atoms with van der Waals surface area (Å²) in [5.74, 6) is 4.82. The van der Waals surface area contributed by atoms with Gasteiger partial charge in [-0.05, 0) is 42.7 Å². The number of halogens is 1. The highest BCUT2D eigenvalue weighted by Crippen LogP contribution is 2.19. The molecule has 1 unspecified atom stereocenters. The van der Waals surface area contributed by atoms with Gasteiger partial charge in [0.15, 0.2) is 0 Å². The predicted octanol–water partition coefficient (Wildman–Crippen LogP) is 2.73. The Morgan fingerprint density at radius 2 is 2.00 bits per heavy atom. The van der Waals surface area contributed by atoms with Gasteiger partial charge in [0.2, 0.25) is 0 Å². The van der Waals surface area contributed by atoms with E-state index in [1.807, 2.05) is 10.4 Å². The predicted molar refractivity (Wildman–Crippen MR) is 80.2 cm³/mol. The van der Waals surface area contributed by atoms with E-state index in [2.05, 4.69) is 12.8 Å². The molecule has 0 amide bonds. The molecule has 0 aliphatic carbocycles. The minimum Gasteiger partial charge on any atom is -0.253 e. The second-order valence-corrected chi connectivity index (χ2v) is 7.90. The zero-order chi connectivity index (χ0) is 13.9. The van der Waals surface area contributed by atoms with E-state index in [1.54, 1.807) is 12.1 Å². The Balaban J connectivity index is 1.96. The summed E-state index contributed by atoms with van der Waals surface area (Å²) in [5, 5.41) is 0. The van der Waals surface area contributed by atoms with Gasteiger partial charge in [-0.25, -0.2) is 8.70 Å². The minimum atomic E-state index is -2.26. The monoisotopic (exact) mass is 283 g/mol. The summed E-state index contributed by atoms with van der Waals surface area (Å²) in [7, 11) is -2.26. The van der Waals surface area contributed by atoms with Crippen molar-refractivity contribution >= 4 is 15.6 Å². The zero-order valence-corrected chi connectivity index (χ0v) is 12.3. The summed E-state index contributed by atoms with van der Waals surface area (Å²) in [6.45, 7) is 3.92. The third kappa shape index (κ3) is 3.80. The van der Waals surface area contributed by atoms with E-state index in [0.29, 0.717) is 23.7 Å². The van der Waals surface area contributed by atoms with Crippen LogP contribution < -0.4 is 0 Å². The van der Waals surface area contributed by atoms with Crippen molar-refractivity contribution in [3.8, 4) is 0 Å². The number of hydrogen-bond donors (Lipinski definition) is 0. The average Bonchev–Trinajstić information content (AvgIpc) is 2.38. The normalized spacial score (nSPS) is 21.2. The van der Waals surface area contributed by atoms with Gasteiger partial charge >= 0.3 is 0 Å². The van der Waals surface area contributed by atoms with E-state index in [1.165, 1.54) is 6.07 Å². The molecule has 1 aromatic rings. The van der Waals surface area contributed by atoms with Gasteiger partial charge in [0.25, 0.3) is 0 Å². The first-order valence-electron chi connectivity index (χ1n) is 6.82. The molecule has 2 rings (SSSR count). The number of piperidine rings is 1. The summed E-state index contributed by atoms with van der Waals surface area (Å²) < 4.78 is 28.2. The van der Waals surface area contributed by atoms with E-state index in [0.717, 1.165) is 25.9 Å². The van der Waals surface area contributed by atoms with Gasteiger partial charge in [-0.2, -0.15) is 0 Å². The second kappa shape index (κ2) is 6.06. The van der Waals surface area contributed by atoms with Crippen molar-refractivity contribution in [2.45, 2.75) is 26.2 Å². The van der Waals surface area contributed by atoms with Gasteiger partial charge in [0, 0.05) is 28.6 Å². The van der Waals surface area contributed by atoms with Gasteiger partial charge in [-0.1, -0.05) is 25.1 Å². The number of rotatable bonds is 4. The first-order chi connectivity index (χ1) is 8.99. The lowest BCUT2D eigenvalue weighted by Crippen LogP contribution is -2.39. The molecular formula is C15H22FNOS. The standard InChI is InChI=1S/C15H22FNOS/c1-13-7-10-17(11-8-13)19(2,18)12-9-14-5-3-4-6-15(14)16/h3-6,13H,2,7-12H2,1H3. The van der Waals surface area contributed by atoms with E-state index in [-0.39, 0.29) is 5.82 Å². The van der Waals surface area contributed by atoms with Gasteiger partial charge < -0.3 is 0 Å². The molecule has 0 spiro atoms. The van der Waals surface area contributed by atoms with Crippen LogP contribution in [0.15, 0.2) is 24.3 Å². The van der Waals surface area contributed by atoms with Crippen LogP contribution >= 0.6 is 0 Å². The zero-order valence-electron chi connectivity index (χ0n) is 11.5. The number of benzene rings is 1. The Kier molecular flexibility index (Phi) is 4.63. The third-order valence-electron chi connectivity index (χ3n) is 3.86. The molecular weight excluding hydrogens is 261 g/mol. The van der Waals surface area contributed by atoms with Crippen molar-refractivity contribution in [3.63, 3.8) is 0 Å². The highest BCUT2D eigenvalue weighted by Gasteiger charge is 2.22. The maximum absolute atomic E-state index is 13.5. The quantitative estimate of drug-likeness (QED) is 0.778. The number of nitrogens with zero attached hydrogens (tertiary/aromatic N) is 1. The Labute approximate surface area is 115 Å². The smallest absolute Gasteiger partial charge is 0.126 e. The Morgan fingerprint density at radius 1 is 1.37 bits per heavy atom. The molecule has 2 nitrogen and oxygen atoms in total. The van der Waals surface area contributed by atoms with Crippen LogP contribution in [0.3, 0.4) is 0 Å². The molecule has 1 heterocycles. The topological polar surface area (TPSA) is 20.3 Å². The molecule has 0 N–H and O–H groups in total. The average molecular weight is 283 g/mol. The highest BCUT2D eigenvalue weighted by molar-refractivity contribution is 7.98. The molecule has 4 heteroatoms. The summed E-state index contributed by atoms with van der Waals surface area (Å²) >= 11 is 0. The van der Waals surface area contributed by atoms with Crippen molar-refractivity contribution in [1.29, 1.82) is 0 Å². The largest absolute Gasteiger partial charge is 0.253 e. The van der Waals surface area contributed by atoms with Crippen LogP contribution in [0.25, 0.3) is 0 Å². The molecule has 1 saturated heterocycles. The minimum absolute atomic E-state index is 0.218. The van der Waals surface area contributed by atoms with E-state index in [9.17, 15) is 8.60 Å². The van der Waals surface area contributed by atoms with Crippen molar-refractivity contribution in [1.82, 2.24) is 4.31 Å². The van der Waals surface area contributed by atoms with Crippen LogP contribution in [0, 0.1) is 11.7 Å². The number of hydrogen-bond acceptors (Lipinski definition) is 1. The molecule has 0 bridgehead atoms. The Bertz CT molecular complexity index is 519. The van der Waals surface area contributed by atoms with Crippen LogP contribution in [0.2, 0.25) is 0 Å². The first-order valence-corrected chi connectivity index (χ1v) is 8.68.